The number of ether oxygens (including phenoxy) is 1. The molecule has 222 valence electrons. The highest BCUT2D eigenvalue weighted by molar-refractivity contribution is 5.93. The van der Waals surface area contributed by atoms with E-state index in [1.54, 1.807) is 37.8 Å². The van der Waals surface area contributed by atoms with E-state index in [1.807, 2.05) is 63.2 Å². The Labute approximate surface area is 246 Å². The van der Waals surface area contributed by atoms with Crippen molar-refractivity contribution in [2.75, 3.05) is 0 Å². The summed E-state index contributed by atoms with van der Waals surface area (Å²) in [6.07, 6.45) is 6.91. The first-order valence-electron chi connectivity index (χ1n) is 14.4. The predicted octanol–water partition coefficient (Wildman–Crippen LogP) is 6.02. The molecule has 0 aliphatic heterocycles. The predicted molar refractivity (Wildman–Crippen MR) is 164 cm³/mol. The molecule has 0 heterocycles. The summed E-state index contributed by atoms with van der Waals surface area (Å²) in [5.74, 6) is 2.37. The fourth-order valence-electron chi connectivity index (χ4n) is 4.64. The molecule has 0 aromatic heterocycles. The van der Waals surface area contributed by atoms with Crippen LogP contribution >= 0.6 is 0 Å². The van der Waals surface area contributed by atoms with Crippen molar-refractivity contribution in [3.63, 3.8) is 0 Å². The van der Waals surface area contributed by atoms with Gasteiger partial charge in [-0.05, 0) is 77.5 Å². The first-order chi connectivity index (χ1) is 19.2. The van der Waals surface area contributed by atoms with Crippen molar-refractivity contribution in [1.82, 2.24) is 15.5 Å². The van der Waals surface area contributed by atoms with E-state index in [-0.39, 0.29) is 30.3 Å². The highest BCUT2D eigenvalue weighted by atomic mass is 16.6. The zero-order valence-electron chi connectivity index (χ0n) is 25.9. The first kappa shape index (κ1) is 33.4. The highest BCUT2D eigenvalue weighted by Crippen LogP contribution is 2.30. The summed E-state index contributed by atoms with van der Waals surface area (Å²) in [5, 5.41) is 5.81. The van der Waals surface area contributed by atoms with Gasteiger partial charge in [-0.1, -0.05) is 68.3 Å². The number of rotatable bonds is 12. The highest BCUT2D eigenvalue weighted by Gasteiger charge is 2.39. The van der Waals surface area contributed by atoms with E-state index in [2.05, 4.69) is 30.4 Å². The third-order valence-corrected chi connectivity index (χ3v) is 6.53. The molecule has 7 nitrogen and oxygen atoms in total. The third kappa shape index (κ3) is 10.6. The van der Waals surface area contributed by atoms with Crippen molar-refractivity contribution >= 4 is 17.9 Å². The van der Waals surface area contributed by atoms with Crippen LogP contribution in [0.4, 0.5) is 4.79 Å². The number of benzene rings is 2. The molecule has 3 amide bonds. The van der Waals surface area contributed by atoms with Crippen LogP contribution in [0.25, 0.3) is 0 Å². The lowest BCUT2D eigenvalue weighted by Crippen LogP contribution is -2.56. The largest absolute Gasteiger partial charge is 0.444 e. The molecule has 0 spiro atoms. The Kier molecular flexibility index (Phi) is 12.5. The van der Waals surface area contributed by atoms with Crippen molar-refractivity contribution in [2.24, 2.45) is 5.92 Å². The number of nitrogens with one attached hydrogen (secondary N) is 2. The topological polar surface area (TPSA) is 87.7 Å². The van der Waals surface area contributed by atoms with Crippen LogP contribution in [0.3, 0.4) is 0 Å². The second kappa shape index (κ2) is 15.3. The van der Waals surface area contributed by atoms with Crippen LogP contribution in [-0.4, -0.2) is 46.5 Å². The molecule has 0 saturated heterocycles. The quantitative estimate of drug-likeness (QED) is 0.310. The second-order valence-corrected chi connectivity index (χ2v) is 12.3. The van der Waals surface area contributed by atoms with E-state index in [1.165, 1.54) is 0 Å². The van der Waals surface area contributed by atoms with Gasteiger partial charge in [0.15, 0.2) is 0 Å². The summed E-state index contributed by atoms with van der Waals surface area (Å²) in [7, 11) is 0. The molecular weight excluding hydrogens is 514 g/mol. The Morgan fingerprint density at radius 3 is 2.07 bits per heavy atom. The maximum Gasteiger partial charge on any atom is 0.408 e. The molecule has 2 rings (SSSR count). The maximum absolute atomic E-state index is 14.7. The van der Waals surface area contributed by atoms with E-state index in [4.69, 9.17) is 11.2 Å². The number of alkyl carbamates (subject to hydrolysis) is 1. The number of hydrogen-bond donors (Lipinski definition) is 2. The van der Waals surface area contributed by atoms with Crippen molar-refractivity contribution in [3.8, 4) is 12.3 Å². The third-order valence-electron chi connectivity index (χ3n) is 6.53. The van der Waals surface area contributed by atoms with Crippen molar-refractivity contribution in [2.45, 2.75) is 104 Å². The van der Waals surface area contributed by atoms with Gasteiger partial charge in [-0.3, -0.25) is 9.59 Å². The Hall–Kier alpha value is -3.79. The molecule has 0 fully saturated rings. The molecule has 7 heteroatoms. The average Bonchev–Trinajstić information content (AvgIpc) is 2.88. The van der Waals surface area contributed by atoms with Crippen LogP contribution in [0, 0.1) is 18.3 Å². The molecule has 41 heavy (non-hydrogen) atoms. The van der Waals surface area contributed by atoms with Gasteiger partial charge in [-0.2, -0.15) is 0 Å². The smallest absolute Gasteiger partial charge is 0.408 e. The van der Waals surface area contributed by atoms with Gasteiger partial charge in [-0.25, -0.2) is 4.79 Å². The second-order valence-electron chi connectivity index (χ2n) is 12.3. The molecule has 2 N–H and O–H groups in total. The van der Waals surface area contributed by atoms with E-state index < -0.39 is 23.8 Å². The maximum atomic E-state index is 14.7. The molecule has 0 saturated carbocycles. The minimum absolute atomic E-state index is 0.161. The zero-order valence-corrected chi connectivity index (χ0v) is 25.9. The lowest BCUT2D eigenvalue weighted by atomic mass is 9.93. The molecular formula is C34H47N3O4. The molecule has 3 unspecified atom stereocenters. The minimum atomic E-state index is -1.00. The van der Waals surface area contributed by atoms with Crippen molar-refractivity contribution < 1.29 is 19.1 Å². The molecule has 0 radical (unpaired) electrons. The lowest BCUT2D eigenvalue weighted by Gasteiger charge is -2.39. The van der Waals surface area contributed by atoms with Gasteiger partial charge in [0.1, 0.15) is 17.7 Å². The van der Waals surface area contributed by atoms with Gasteiger partial charge >= 0.3 is 6.09 Å². The summed E-state index contributed by atoms with van der Waals surface area (Å²) >= 11 is 0. The molecule has 0 bridgehead atoms. The Morgan fingerprint density at radius 2 is 1.51 bits per heavy atom. The van der Waals surface area contributed by atoms with Crippen molar-refractivity contribution in [1.29, 1.82) is 0 Å². The van der Waals surface area contributed by atoms with Crippen LogP contribution in [0.15, 0.2) is 54.6 Å². The minimum Gasteiger partial charge on any atom is -0.444 e. The van der Waals surface area contributed by atoms with Gasteiger partial charge in [0.05, 0.1) is 0 Å². The normalized spacial score (nSPS) is 13.6. The first-order valence-corrected chi connectivity index (χ1v) is 14.4. The molecule has 2 aromatic rings. The summed E-state index contributed by atoms with van der Waals surface area (Å²) < 4.78 is 5.53. The van der Waals surface area contributed by atoms with Crippen LogP contribution in [0.1, 0.15) is 91.0 Å². The number of hydrogen-bond acceptors (Lipinski definition) is 4. The van der Waals surface area contributed by atoms with Crippen molar-refractivity contribution in [3.05, 3.63) is 71.3 Å². The zero-order chi connectivity index (χ0) is 30.7. The van der Waals surface area contributed by atoms with Crippen LogP contribution in [0.5, 0.6) is 0 Å². The molecule has 3 atom stereocenters. The van der Waals surface area contributed by atoms with E-state index >= 15 is 0 Å². The van der Waals surface area contributed by atoms with Crippen LogP contribution < -0.4 is 10.6 Å². The number of nitrogens with zero attached hydrogens (tertiary/aromatic N) is 1. The van der Waals surface area contributed by atoms with Gasteiger partial charge in [0, 0.05) is 24.1 Å². The SMILES string of the molecule is C#Cc1ccccc1C(C(=O)NC(C)C)N(C(=O)C(Cc1ccccc1)NC(=O)OC(C)(C)C)C(C)CCC(C)C. The summed E-state index contributed by atoms with van der Waals surface area (Å²) in [4.78, 5) is 43.2. The Bertz CT molecular complexity index is 1190. The number of carbonyl (C=O) groups excluding carboxylic acids is 3. The van der Waals surface area contributed by atoms with Gasteiger partial charge in [-0.15, -0.1) is 6.42 Å². The van der Waals surface area contributed by atoms with Crippen LogP contribution in [0.2, 0.25) is 0 Å². The summed E-state index contributed by atoms with van der Waals surface area (Å²) in [5.41, 5.74) is 1.21. The standard InChI is InChI=1S/C34H47N3O4/c1-10-27-18-14-15-19-28(27)30(31(38)35-24(4)5)37(25(6)21-20-23(2)3)32(39)29(22-26-16-12-11-13-17-26)36-33(40)41-34(7,8)9/h1,11-19,23-25,29-30H,20-22H2,2-9H3,(H,35,38)(H,36,40). The molecule has 2 aromatic carbocycles. The number of amides is 3. The van der Waals surface area contributed by atoms with Gasteiger partial charge < -0.3 is 20.3 Å². The Balaban J connectivity index is 2.69. The monoisotopic (exact) mass is 561 g/mol. The van der Waals surface area contributed by atoms with E-state index in [0.29, 0.717) is 23.5 Å². The van der Waals surface area contributed by atoms with Crippen LogP contribution in [-0.2, 0) is 20.7 Å². The van der Waals surface area contributed by atoms with Gasteiger partial charge in [0.2, 0.25) is 11.8 Å². The number of terminal acetylenes is 1. The molecule has 0 aliphatic rings. The Morgan fingerprint density at radius 1 is 0.902 bits per heavy atom. The number of carbonyl (C=O) groups is 3. The summed E-state index contributed by atoms with van der Waals surface area (Å²) in [6, 6.07) is 14.2. The van der Waals surface area contributed by atoms with E-state index in [0.717, 1.165) is 12.0 Å². The van der Waals surface area contributed by atoms with E-state index in [9.17, 15) is 14.4 Å². The lowest BCUT2D eigenvalue weighted by molar-refractivity contribution is -0.145. The fourth-order valence-corrected chi connectivity index (χ4v) is 4.64. The summed E-state index contributed by atoms with van der Waals surface area (Å²) in [6.45, 7) is 15.2. The average molecular weight is 562 g/mol. The fraction of sp³-hybridized carbons (Fsp3) is 0.500. The molecule has 0 aliphatic carbocycles. The van der Waals surface area contributed by atoms with Gasteiger partial charge in [0.25, 0.3) is 0 Å².